The van der Waals surface area contributed by atoms with Crippen molar-refractivity contribution < 1.29 is 0 Å². The molecule has 0 aliphatic heterocycles. The maximum Gasteiger partial charge on any atom is 0.105 e. The number of aryl methyl sites for hydroxylation is 1. The second-order valence-corrected chi connectivity index (χ2v) is 4.15. The summed E-state index contributed by atoms with van der Waals surface area (Å²) < 4.78 is 3.97. The molecule has 0 spiro atoms. The van der Waals surface area contributed by atoms with Crippen LogP contribution in [0.4, 0.5) is 0 Å². The summed E-state index contributed by atoms with van der Waals surface area (Å²) in [6.45, 7) is 6.84. The van der Waals surface area contributed by atoms with Gasteiger partial charge in [0, 0.05) is 37.7 Å². The lowest BCUT2D eigenvalue weighted by molar-refractivity contribution is 0.444. The summed E-state index contributed by atoms with van der Waals surface area (Å²) >= 11 is 0. The van der Waals surface area contributed by atoms with E-state index in [1.54, 1.807) is 6.20 Å². The Morgan fingerprint density at radius 2 is 2.24 bits per heavy atom. The van der Waals surface area contributed by atoms with Gasteiger partial charge in [-0.2, -0.15) is 0 Å². The van der Waals surface area contributed by atoms with E-state index in [1.807, 2.05) is 30.2 Å². The number of hydrogen-bond donors (Lipinski definition) is 1. The van der Waals surface area contributed by atoms with E-state index in [4.69, 9.17) is 0 Å². The zero-order chi connectivity index (χ0) is 12.1. The zero-order valence-electron chi connectivity index (χ0n) is 10.2. The van der Waals surface area contributed by atoms with Gasteiger partial charge in [-0.1, -0.05) is 5.21 Å². The highest BCUT2D eigenvalue weighted by Gasteiger charge is 2.04. The first-order valence-corrected chi connectivity index (χ1v) is 5.81. The fraction of sp³-hybridized carbons (Fsp3) is 0.545. The second-order valence-electron chi connectivity index (χ2n) is 4.15. The molecule has 0 amide bonds. The van der Waals surface area contributed by atoms with Gasteiger partial charge in [0.05, 0.1) is 12.7 Å². The van der Waals surface area contributed by atoms with E-state index in [0.717, 1.165) is 25.5 Å². The molecule has 6 heteroatoms. The number of hydrogen-bond acceptors (Lipinski definition) is 4. The topological polar surface area (TPSA) is 60.6 Å². The molecule has 92 valence electrons. The van der Waals surface area contributed by atoms with E-state index < -0.39 is 0 Å². The van der Waals surface area contributed by atoms with E-state index in [0.29, 0.717) is 6.04 Å². The molecule has 6 nitrogen and oxygen atoms in total. The highest BCUT2D eigenvalue weighted by atomic mass is 15.4. The van der Waals surface area contributed by atoms with Crippen LogP contribution in [0.2, 0.25) is 0 Å². The summed E-state index contributed by atoms with van der Waals surface area (Å²) in [4.78, 5) is 4.20. The fourth-order valence-electron chi connectivity index (χ4n) is 1.73. The van der Waals surface area contributed by atoms with Crippen LogP contribution in [0.5, 0.6) is 0 Å². The van der Waals surface area contributed by atoms with Crippen LogP contribution < -0.4 is 5.32 Å². The molecule has 2 heterocycles. The van der Waals surface area contributed by atoms with Gasteiger partial charge in [0.2, 0.25) is 0 Å². The summed E-state index contributed by atoms with van der Waals surface area (Å²) in [6, 6.07) is 0.409. The van der Waals surface area contributed by atoms with Gasteiger partial charge in [-0.3, -0.25) is 4.68 Å². The summed E-state index contributed by atoms with van der Waals surface area (Å²) in [6.07, 6.45) is 7.40. The quantitative estimate of drug-likeness (QED) is 0.789. The van der Waals surface area contributed by atoms with Gasteiger partial charge in [-0.05, 0) is 13.8 Å². The summed E-state index contributed by atoms with van der Waals surface area (Å²) in [5, 5.41) is 11.1. The van der Waals surface area contributed by atoms with Crippen molar-refractivity contribution in [3.05, 3.63) is 30.6 Å². The predicted molar refractivity (Wildman–Crippen MR) is 64.5 cm³/mol. The average Bonchev–Trinajstić information content (AvgIpc) is 2.92. The summed E-state index contributed by atoms with van der Waals surface area (Å²) in [7, 11) is 0. The van der Waals surface area contributed by atoms with Crippen molar-refractivity contribution in [1.29, 1.82) is 0 Å². The standard InChI is InChI=1S/C11H18N6/c1-10(9-16-6-3-13-11(16)2)12-4-7-17-8-5-14-15-17/h3,5-6,8,10,12H,4,7,9H2,1-2H3. The molecule has 1 N–H and O–H groups in total. The van der Waals surface area contributed by atoms with Crippen LogP contribution in [0, 0.1) is 6.92 Å². The third-order valence-electron chi connectivity index (χ3n) is 2.70. The average molecular weight is 234 g/mol. The van der Waals surface area contributed by atoms with Crippen LogP contribution in [-0.2, 0) is 13.1 Å². The third kappa shape index (κ3) is 3.39. The lowest BCUT2D eigenvalue weighted by Crippen LogP contribution is -2.33. The van der Waals surface area contributed by atoms with Crippen LogP contribution >= 0.6 is 0 Å². The SMILES string of the molecule is Cc1nccn1CC(C)NCCn1ccnn1. The second kappa shape index (κ2) is 5.58. The minimum absolute atomic E-state index is 0.409. The number of aromatic nitrogens is 5. The van der Waals surface area contributed by atoms with Crippen LogP contribution in [-0.4, -0.2) is 37.1 Å². The molecule has 2 rings (SSSR count). The van der Waals surface area contributed by atoms with Gasteiger partial charge in [0.15, 0.2) is 0 Å². The van der Waals surface area contributed by atoms with Crippen LogP contribution in [0.1, 0.15) is 12.7 Å². The van der Waals surface area contributed by atoms with Gasteiger partial charge >= 0.3 is 0 Å². The molecule has 0 fully saturated rings. The van der Waals surface area contributed by atoms with Crippen molar-refractivity contribution in [2.45, 2.75) is 33.0 Å². The molecule has 0 aromatic carbocycles. The Morgan fingerprint density at radius 3 is 2.88 bits per heavy atom. The highest BCUT2D eigenvalue weighted by molar-refractivity contribution is 4.89. The first-order valence-electron chi connectivity index (χ1n) is 5.81. The smallest absolute Gasteiger partial charge is 0.105 e. The normalized spacial score (nSPS) is 12.8. The van der Waals surface area contributed by atoms with Crippen molar-refractivity contribution in [3.63, 3.8) is 0 Å². The lowest BCUT2D eigenvalue weighted by Gasteiger charge is -2.15. The molecule has 1 atom stereocenters. The maximum atomic E-state index is 4.20. The molecular weight excluding hydrogens is 216 g/mol. The van der Waals surface area contributed by atoms with Crippen LogP contribution in [0.25, 0.3) is 0 Å². The first kappa shape index (κ1) is 11.8. The largest absolute Gasteiger partial charge is 0.334 e. The van der Waals surface area contributed by atoms with Gasteiger partial charge in [0.1, 0.15) is 5.82 Å². The van der Waals surface area contributed by atoms with Gasteiger partial charge in [0.25, 0.3) is 0 Å². The molecule has 2 aromatic heterocycles. The molecule has 1 unspecified atom stereocenters. The predicted octanol–water partition coefficient (Wildman–Crippen LogP) is 0.461. The number of imidazole rings is 1. The molecule has 0 aliphatic carbocycles. The van der Waals surface area contributed by atoms with Gasteiger partial charge in [-0.15, -0.1) is 5.10 Å². The van der Waals surface area contributed by atoms with Crippen molar-refractivity contribution in [2.75, 3.05) is 6.54 Å². The molecule has 0 radical (unpaired) electrons. The molecule has 0 saturated carbocycles. The molecular formula is C11H18N6. The van der Waals surface area contributed by atoms with Crippen LogP contribution in [0.15, 0.2) is 24.8 Å². The minimum Gasteiger partial charge on any atom is -0.334 e. The molecule has 17 heavy (non-hydrogen) atoms. The minimum atomic E-state index is 0.409. The van der Waals surface area contributed by atoms with Crippen molar-refractivity contribution in [3.8, 4) is 0 Å². The molecule has 0 bridgehead atoms. The van der Waals surface area contributed by atoms with Crippen molar-refractivity contribution in [1.82, 2.24) is 29.9 Å². The summed E-state index contributed by atoms with van der Waals surface area (Å²) in [5.74, 6) is 1.05. The Kier molecular flexibility index (Phi) is 3.87. The molecule has 0 saturated heterocycles. The van der Waals surface area contributed by atoms with Gasteiger partial charge in [-0.25, -0.2) is 4.98 Å². The van der Waals surface area contributed by atoms with E-state index in [-0.39, 0.29) is 0 Å². The first-order chi connectivity index (χ1) is 8.25. The zero-order valence-corrected chi connectivity index (χ0v) is 10.2. The molecule has 0 aliphatic rings. The Morgan fingerprint density at radius 1 is 1.35 bits per heavy atom. The number of rotatable bonds is 6. The van der Waals surface area contributed by atoms with Crippen molar-refractivity contribution in [2.24, 2.45) is 0 Å². The van der Waals surface area contributed by atoms with E-state index in [9.17, 15) is 0 Å². The Balaban J connectivity index is 1.71. The highest BCUT2D eigenvalue weighted by Crippen LogP contribution is 1.97. The van der Waals surface area contributed by atoms with E-state index in [1.165, 1.54) is 0 Å². The summed E-state index contributed by atoms with van der Waals surface area (Å²) in [5.41, 5.74) is 0. The Labute approximate surface area is 101 Å². The van der Waals surface area contributed by atoms with E-state index in [2.05, 4.69) is 32.1 Å². The van der Waals surface area contributed by atoms with Gasteiger partial charge < -0.3 is 9.88 Å². The fourth-order valence-corrected chi connectivity index (χ4v) is 1.73. The number of nitrogens with zero attached hydrogens (tertiary/aromatic N) is 5. The Bertz CT molecular complexity index is 433. The van der Waals surface area contributed by atoms with Crippen LogP contribution in [0.3, 0.4) is 0 Å². The monoisotopic (exact) mass is 234 g/mol. The maximum absolute atomic E-state index is 4.20. The lowest BCUT2D eigenvalue weighted by atomic mass is 10.3. The number of nitrogens with one attached hydrogen (secondary N) is 1. The Hall–Kier alpha value is -1.69. The third-order valence-corrected chi connectivity index (χ3v) is 2.70. The van der Waals surface area contributed by atoms with Crippen molar-refractivity contribution >= 4 is 0 Å². The van der Waals surface area contributed by atoms with E-state index >= 15 is 0 Å². The molecule has 2 aromatic rings.